The second-order valence-corrected chi connectivity index (χ2v) is 11.7. The lowest BCUT2D eigenvalue weighted by Gasteiger charge is -2.32. The van der Waals surface area contributed by atoms with Crippen LogP contribution in [0.1, 0.15) is 25.8 Å². The van der Waals surface area contributed by atoms with Gasteiger partial charge in [0.05, 0.1) is 10.6 Å². The molecule has 2 amide bonds. The predicted octanol–water partition coefficient (Wildman–Crippen LogP) is 5.79. The molecule has 7 nitrogen and oxygen atoms in total. The van der Waals surface area contributed by atoms with Crippen LogP contribution < -0.4 is 9.62 Å². The highest BCUT2D eigenvalue weighted by atomic mass is 35.5. The fourth-order valence-electron chi connectivity index (χ4n) is 3.69. The number of sulfonamides is 1. The van der Waals surface area contributed by atoms with Crippen LogP contribution in [0.25, 0.3) is 0 Å². The number of carbonyl (C=O) groups excluding carboxylic acids is 2. The van der Waals surface area contributed by atoms with Crippen LogP contribution in [0.5, 0.6) is 0 Å². The molecule has 1 N–H and O–H groups in total. The van der Waals surface area contributed by atoms with Crippen LogP contribution >= 0.6 is 34.8 Å². The Hall–Kier alpha value is -2.78. The molecule has 1 atom stereocenters. The van der Waals surface area contributed by atoms with Gasteiger partial charge in [-0.3, -0.25) is 13.9 Å². The molecule has 38 heavy (non-hydrogen) atoms. The lowest BCUT2D eigenvalue weighted by atomic mass is 10.1. The molecule has 0 aliphatic heterocycles. The summed E-state index contributed by atoms with van der Waals surface area (Å²) >= 11 is 18.6. The highest BCUT2D eigenvalue weighted by Crippen LogP contribution is 2.28. The molecule has 0 heterocycles. The molecule has 0 aliphatic carbocycles. The van der Waals surface area contributed by atoms with Gasteiger partial charge in [-0.15, -0.1) is 0 Å². The fourth-order valence-corrected chi connectivity index (χ4v) is 5.77. The quantitative estimate of drug-likeness (QED) is 0.304. The predicted molar refractivity (Wildman–Crippen MR) is 152 cm³/mol. The lowest BCUT2D eigenvalue weighted by molar-refractivity contribution is -0.139. The van der Waals surface area contributed by atoms with Crippen LogP contribution in [0.2, 0.25) is 15.1 Å². The summed E-state index contributed by atoms with van der Waals surface area (Å²) in [6, 6.07) is 17.9. The van der Waals surface area contributed by atoms with Gasteiger partial charge in [-0.05, 0) is 61.4 Å². The van der Waals surface area contributed by atoms with E-state index >= 15 is 0 Å². The number of rotatable bonds is 11. The molecule has 0 saturated carbocycles. The Bertz CT molecular complexity index is 1390. The Morgan fingerprint density at radius 2 is 1.61 bits per heavy atom. The van der Waals surface area contributed by atoms with E-state index in [-0.39, 0.29) is 23.0 Å². The van der Waals surface area contributed by atoms with E-state index in [1.54, 1.807) is 61.5 Å². The van der Waals surface area contributed by atoms with Gasteiger partial charge in [0, 0.05) is 28.2 Å². The number of carbonyl (C=O) groups is 2. The van der Waals surface area contributed by atoms with Crippen LogP contribution in [-0.4, -0.2) is 44.3 Å². The van der Waals surface area contributed by atoms with Gasteiger partial charge in [-0.25, -0.2) is 8.42 Å². The van der Waals surface area contributed by atoms with Crippen LogP contribution in [0.15, 0.2) is 77.7 Å². The highest BCUT2D eigenvalue weighted by molar-refractivity contribution is 7.92. The second kappa shape index (κ2) is 13.3. The van der Waals surface area contributed by atoms with Crippen LogP contribution in [-0.2, 0) is 26.2 Å². The van der Waals surface area contributed by atoms with Crippen LogP contribution in [0.4, 0.5) is 5.69 Å². The number of nitrogens with one attached hydrogen (secondary N) is 1. The standard InChI is InChI=1S/C27H28Cl3N3O4S/c1-3-14-31-27(35)19(2)32(17-20-12-13-22(29)16-25(20)30)26(34)18-33(23-9-7-8-21(28)15-23)38(36,37)24-10-5-4-6-11-24/h4-13,15-16,19H,3,14,17-18H2,1-2H3,(H,31,35). The lowest BCUT2D eigenvalue weighted by Crippen LogP contribution is -2.51. The van der Waals surface area contributed by atoms with Crippen LogP contribution in [0.3, 0.4) is 0 Å². The molecule has 0 bridgehead atoms. The highest BCUT2D eigenvalue weighted by Gasteiger charge is 2.32. The third kappa shape index (κ3) is 7.41. The molecule has 1 unspecified atom stereocenters. The Kier molecular flexibility index (Phi) is 10.4. The topological polar surface area (TPSA) is 86.8 Å². The molecule has 202 valence electrons. The molecular weight excluding hydrogens is 569 g/mol. The van der Waals surface area contributed by atoms with E-state index in [1.165, 1.54) is 23.1 Å². The number of anilines is 1. The van der Waals surface area contributed by atoms with E-state index in [0.717, 1.165) is 4.31 Å². The summed E-state index contributed by atoms with van der Waals surface area (Å²) in [5, 5.41) is 3.84. The maximum Gasteiger partial charge on any atom is 0.264 e. The van der Waals surface area contributed by atoms with Gasteiger partial charge in [0.15, 0.2) is 0 Å². The van der Waals surface area contributed by atoms with Gasteiger partial charge < -0.3 is 10.2 Å². The van der Waals surface area contributed by atoms with Crippen molar-refractivity contribution in [3.05, 3.63) is 93.4 Å². The smallest absolute Gasteiger partial charge is 0.264 e. The van der Waals surface area contributed by atoms with Crippen molar-refractivity contribution in [1.82, 2.24) is 10.2 Å². The summed E-state index contributed by atoms with van der Waals surface area (Å²) in [5.74, 6) is -0.972. The van der Waals surface area contributed by atoms with Gasteiger partial charge in [0.1, 0.15) is 12.6 Å². The van der Waals surface area contributed by atoms with Crippen molar-refractivity contribution < 1.29 is 18.0 Å². The number of amides is 2. The maximum atomic E-state index is 13.8. The molecule has 3 rings (SSSR count). The zero-order valence-corrected chi connectivity index (χ0v) is 24.0. The van der Waals surface area contributed by atoms with Crippen molar-refractivity contribution in [3.8, 4) is 0 Å². The van der Waals surface area contributed by atoms with Crippen molar-refractivity contribution in [2.75, 3.05) is 17.4 Å². The maximum absolute atomic E-state index is 13.8. The molecule has 0 aromatic heterocycles. The molecule has 0 fully saturated rings. The summed E-state index contributed by atoms with van der Waals surface area (Å²) in [7, 11) is -4.16. The van der Waals surface area contributed by atoms with Gasteiger partial charge in [0.25, 0.3) is 10.0 Å². The number of benzene rings is 3. The van der Waals surface area contributed by atoms with Crippen molar-refractivity contribution >= 4 is 62.3 Å². The number of nitrogens with zero attached hydrogens (tertiary/aromatic N) is 2. The van der Waals surface area contributed by atoms with Gasteiger partial charge in [0.2, 0.25) is 11.8 Å². The fraction of sp³-hybridized carbons (Fsp3) is 0.259. The van der Waals surface area contributed by atoms with E-state index in [1.807, 2.05) is 6.92 Å². The first-order chi connectivity index (χ1) is 18.0. The van der Waals surface area contributed by atoms with Crippen LogP contribution in [0, 0.1) is 0 Å². The molecule has 3 aromatic rings. The largest absolute Gasteiger partial charge is 0.354 e. The Balaban J connectivity index is 2.03. The van der Waals surface area contributed by atoms with E-state index in [4.69, 9.17) is 34.8 Å². The van der Waals surface area contributed by atoms with Gasteiger partial charge in [-0.2, -0.15) is 0 Å². The van der Waals surface area contributed by atoms with Crippen molar-refractivity contribution in [2.24, 2.45) is 0 Å². The molecule has 0 spiro atoms. The third-order valence-electron chi connectivity index (χ3n) is 5.78. The summed E-state index contributed by atoms with van der Waals surface area (Å²) < 4.78 is 28.4. The summed E-state index contributed by atoms with van der Waals surface area (Å²) in [4.78, 5) is 28.0. The summed E-state index contributed by atoms with van der Waals surface area (Å²) in [6.07, 6.45) is 0.716. The van der Waals surface area contributed by atoms with Gasteiger partial charge >= 0.3 is 0 Å². The van der Waals surface area contributed by atoms with Crippen molar-refractivity contribution in [2.45, 2.75) is 37.8 Å². The third-order valence-corrected chi connectivity index (χ3v) is 8.39. The van der Waals surface area contributed by atoms with E-state index in [2.05, 4.69) is 5.32 Å². The molecule has 11 heteroatoms. The Labute approximate surface area is 238 Å². The first-order valence-corrected chi connectivity index (χ1v) is 14.5. The number of halogens is 3. The Morgan fingerprint density at radius 3 is 2.24 bits per heavy atom. The minimum absolute atomic E-state index is 0.00816. The number of hydrogen-bond donors (Lipinski definition) is 1. The summed E-state index contributed by atoms with van der Waals surface area (Å²) in [6.45, 7) is 3.32. The second-order valence-electron chi connectivity index (χ2n) is 8.53. The Morgan fingerprint density at radius 1 is 0.921 bits per heavy atom. The zero-order valence-electron chi connectivity index (χ0n) is 20.9. The monoisotopic (exact) mass is 595 g/mol. The zero-order chi connectivity index (χ0) is 27.9. The average molecular weight is 597 g/mol. The first-order valence-electron chi connectivity index (χ1n) is 11.9. The summed E-state index contributed by atoms with van der Waals surface area (Å²) in [5.41, 5.74) is 0.766. The average Bonchev–Trinajstić information content (AvgIpc) is 2.89. The molecule has 0 radical (unpaired) electrons. The van der Waals surface area contributed by atoms with E-state index < -0.39 is 28.5 Å². The molecule has 0 saturated heterocycles. The van der Waals surface area contributed by atoms with Crippen molar-refractivity contribution in [3.63, 3.8) is 0 Å². The van der Waals surface area contributed by atoms with E-state index in [9.17, 15) is 18.0 Å². The van der Waals surface area contributed by atoms with E-state index in [0.29, 0.717) is 33.6 Å². The van der Waals surface area contributed by atoms with Gasteiger partial charge in [-0.1, -0.05) is 72.1 Å². The normalized spacial score (nSPS) is 12.0. The number of hydrogen-bond acceptors (Lipinski definition) is 4. The molecular formula is C27H28Cl3N3O4S. The first kappa shape index (κ1) is 29.8. The molecule has 0 aliphatic rings. The SMILES string of the molecule is CCCNC(=O)C(C)N(Cc1ccc(Cl)cc1Cl)C(=O)CN(c1cccc(Cl)c1)S(=O)(=O)c1ccccc1. The minimum atomic E-state index is -4.16. The molecule has 3 aromatic carbocycles. The minimum Gasteiger partial charge on any atom is -0.354 e. The van der Waals surface area contributed by atoms with Crippen molar-refractivity contribution in [1.29, 1.82) is 0 Å².